The van der Waals surface area contributed by atoms with E-state index in [0.717, 1.165) is 30.1 Å². The van der Waals surface area contributed by atoms with Crippen molar-refractivity contribution in [1.29, 1.82) is 0 Å². The summed E-state index contributed by atoms with van der Waals surface area (Å²) in [5.74, 6) is 0.955. The molecule has 1 unspecified atom stereocenters. The lowest BCUT2D eigenvalue weighted by atomic mass is 10.1. The third-order valence-corrected chi connectivity index (χ3v) is 4.94. The minimum Gasteiger partial charge on any atom is -0.370 e. The number of rotatable bonds is 5. The van der Waals surface area contributed by atoms with E-state index in [-0.39, 0.29) is 6.04 Å². The van der Waals surface area contributed by atoms with E-state index < -0.39 is 0 Å². The van der Waals surface area contributed by atoms with E-state index in [9.17, 15) is 0 Å². The molecular weight excluding hydrogens is 336 g/mol. The van der Waals surface area contributed by atoms with Crippen LogP contribution < -0.4 is 5.32 Å². The van der Waals surface area contributed by atoms with Crippen molar-refractivity contribution < 1.29 is 0 Å². The second-order valence-corrected chi connectivity index (χ2v) is 6.57. The Labute approximate surface area is 153 Å². The average Bonchev–Trinajstić information content (AvgIpc) is 3.12. The van der Waals surface area contributed by atoms with Gasteiger partial charge >= 0.3 is 0 Å². The van der Waals surface area contributed by atoms with Gasteiger partial charge in [-0.2, -0.15) is 5.10 Å². The molecule has 0 amide bonds. The number of H-pyrrole nitrogens is 1. The van der Waals surface area contributed by atoms with Crippen LogP contribution in [0.25, 0.3) is 0 Å². The van der Waals surface area contributed by atoms with Crippen molar-refractivity contribution in [3.63, 3.8) is 0 Å². The smallest absolute Gasteiger partial charge is 0.127 e. The van der Waals surface area contributed by atoms with Crippen molar-refractivity contribution in [2.45, 2.75) is 33.2 Å². The molecule has 0 aliphatic carbocycles. The summed E-state index contributed by atoms with van der Waals surface area (Å²) in [5.41, 5.74) is 4.40. The first kappa shape index (κ1) is 17.5. The van der Waals surface area contributed by atoms with Gasteiger partial charge in [-0.05, 0) is 44.9 Å². The number of aromatic nitrogens is 3. The van der Waals surface area contributed by atoms with Crippen LogP contribution in [0.4, 0.5) is 0 Å². The minimum atomic E-state index is 0.0693. The van der Waals surface area contributed by atoms with Crippen LogP contribution in [-0.2, 0) is 6.42 Å². The lowest BCUT2D eigenvalue weighted by Gasteiger charge is -2.35. The molecule has 2 aromatic rings. The van der Waals surface area contributed by atoms with Crippen LogP contribution in [0.3, 0.4) is 0 Å². The number of allylic oxidation sites excluding steroid dienone is 1. The molecule has 7 heteroatoms. The van der Waals surface area contributed by atoms with E-state index in [1.54, 1.807) is 6.20 Å². The molecule has 1 atom stereocenters. The van der Waals surface area contributed by atoms with Crippen molar-refractivity contribution in [3.8, 4) is 0 Å². The van der Waals surface area contributed by atoms with Gasteiger partial charge in [-0.1, -0.05) is 11.6 Å². The molecule has 3 heterocycles. The van der Waals surface area contributed by atoms with Gasteiger partial charge in [-0.15, -0.1) is 0 Å². The van der Waals surface area contributed by atoms with Gasteiger partial charge < -0.3 is 10.2 Å². The number of nitrogens with zero attached hydrogens (tertiary/aromatic N) is 4. The third-order valence-electron chi connectivity index (χ3n) is 4.62. The number of hydrogen-bond donors (Lipinski definition) is 2. The van der Waals surface area contributed by atoms with Gasteiger partial charge in [0.2, 0.25) is 0 Å². The summed E-state index contributed by atoms with van der Waals surface area (Å²) in [5, 5.41) is 10.9. The largest absolute Gasteiger partial charge is 0.370 e. The summed E-state index contributed by atoms with van der Waals surface area (Å²) in [6.45, 7) is 7.74. The van der Waals surface area contributed by atoms with Crippen LogP contribution >= 0.6 is 11.6 Å². The van der Waals surface area contributed by atoms with E-state index in [0.29, 0.717) is 11.7 Å². The van der Waals surface area contributed by atoms with Crippen LogP contribution in [0, 0.1) is 0 Å². The zero-order valence-corrected chi connectivity index (χ0v) is 15.5. The number of nitrogens with one attached hydrogen (secondary N) is 2. The maximum Gasteiger partial charge on any atom is 0.127 e. The summed E-state index contributed by atoms with van der Waals surface area (Å²) in [7, 11) is 0. The van der Waals surface area contributed by atoms with Crippen molar-refractivity contribution in [3.05, 3.63) is 58.3 Å². The molecule has 6 nitrogen and oxygen atoms in total. The highest BCUT2D eigenvalue weighted by Crippen LogP contribution is 2.30. The van der Waals surface area contributed by atoms with E-state index in [4.69, 9.17) is 16.6 Å². The fourth-order valence-corrected chi connectivity index (χ4v) is 3.23. The number of aromatic amines is 1. The highest BCUT2D eigenvalue weighted by atomic mass is 35.5. The predicted octanol–water partition coefficient (Wildman–Crippen LogP) is 3.32. The van der Waals surface area contributed by atoms with Crippen LogP contribution in [-0.4, -0.2) is 39.1 Å². The molecule has 1 aliphatic rings. The fraction of sp³-hybridized carbons (Fsp3) is 0.389. The Morgan fingerprint density at radius 1 is 1.40 bits per heavy atom. The first-order valence-corrected chi connectivity index (χ1v) is 8.76. The van der Waals surface area contributed by atoms with Crippen molar-refractivity contribution in [2.24, 2.45) is 4.99 Å². The number of amidine groups is 1. The van der Waals surface area contributed by atoms with Crippen LogP contribution in [0.2, 0.25) is 5.02 Å². The van der Waals surface area contributed by atoms with E-state index in [1.807, 2.05) is 24.5 Å². The van der Waals surface area contributed by atoms with Gasteiger partial charge in [0.05, 0.1) is 23.0 Å². The minimum absolute atomic E-state index is 0.0693. The maximum absolute atomic E-state index is 6.31. The first-order chi connectivity index (χ1) is 12.1. The molecule has 0 saturated heterocycles. The molecule has 1 aliphatic heterocycles. The molecule has 0 aromatic carbocycles. The average molecular weight is 359 g/mol. The summed E-state index contributed by atoms with van der Waals surface area (Å²) >= 11 is 6.31. The summed E-state index contributed by atoms with van der Waals surface area (Å²) < 4.78 is 0. The zero-order chi connectivity index (χ0) is 17.8. The molecule has 0 saturated carbocycles. The quantitative estimate of drug-likeness (QED) is 0.860. The third kappa shape index (κ3) is 3.85. The summed E-state index contributed by atoms with van der Waals surface area (Å²) in [4.78, 5) is 11.4. The van der Waals surface area contributed by atoms with Gasteiger partial charge in [-0.25, -0.2) is 4.99 Å². The summed E-state index contributed by atoms with van der Waals surface area (Å²) in [6.07, 6.45) is 6.45. The molecule has 25 heavy (non-hydrogen) atoms. The Kier molecular flexibility index (Phi) is 5.38. The highest BCUT2D eigenvalue weighted by Gasteiger charge is 2.24. The molecule has 2 aromatic heterocycles. The molecule has 0 fully saturated rings. The lowest BCUT2D eigenvalue weighted by molar-refractivity contribution is 0.270. The van der Waals surface area contributed by atoms with E-state index in [2.05, 4.69) is 46.2 Å². The molecular formula is C18H23ClN6. The predicted molar refractivity (Wildman–Crippen MR) is 100 cm³/mol. The van der Waals surface area contributed by atoms with Gasteiger partial charge in [-0.3, -0.25) is 10.1 Å². The number of aliphatic imine (C=N–C) groups is 1. The standard InChI is InChI=1S/C18H23ClN6/c1-12-13(2)25(14(3)17-16(19)5-4-7-20-17)11-22-18(12)21-8-6-15-9-23-24-10-15/h4-5,7,9-10,14H,6,8,11H2,1-3H3,(H,21,22)(H,23,24). The van der Waals surface area contributed by atoms with Gasteiger partial charge in [0.15, 0.2) is 0 Å². The zero-order valence-electron chi connectivity index (χ0n) is 14.8. The number of halogens is 1. The molecule has 2 N–H and O–H groups in total. The van der Waals surface area contributed by atoms with E-state index in [1.165, 1.54) is 11.3 Å². The van der Waals surface area contributed by atoms with Gasteiger partial charge in [0.1, 0.15) is 12.5 Å². The SMILES string of the molecule is CC1=C(C)N(C(C)c2ncccc2Cl)CN=C1NCCc1cn[nH]c1. The highest BCUT2D eigenvalue weighted by molar-refractivity contribution is 6.31. The van der Waals surface area contributed by atoms with Crippen LogP contribution in [0.1, 0.15) is 38.1 Å². The monoisotopic (exact) mass is 358 g/mol. The Bertz CT molecular complexity index is 781. The topological polar surface area (TPSA) is 69.2 Å². The van der Waals surface area contributed by atoms with Crippen LogP contribution in [0.15, 0.2) is 47.0 Å². The molecule has 0 bridgehead atoms. The van der Waals surface area contributed by atoms with E-state index >= 15 is 0 Å². The Morgan fingerprint density at radius 2 is 2.24 bits per heavy atom. The Morgan fingerprint density at radius 3 is 2.96 bits per heavy atom. The van der Waals surface area contributed by atoms with Gasteiger partial charge in [0.25, 0.3) is 0 Å². The molecule has 0 spiro atoms. The van der Waals surface area contributed by atoms with Crippen molar-refractivity contribution >= 4 is 17.4 Å². The fourth-order valence-electron chi connectivity index (χ4n) is 2.95. The molecule has 3 rings (SSSR count). The van der Waals surface area contributed by atoms with Crippen LogP contribution in [0.5, 0.6) is 0 Å². The summed E-state index contributed by atoms with van der Waals surface area (Å²) in [6, 6.07) is 3.80. The molecule has 0 radical (unpaired) electrons. The number of hydrogen-bond acceptors (Lipinski definition) is 5. The molecule has 132 valence electrons. The lowest BCUT2D eigenvalue weighted by Crippen LogP contribution is -2.37. The van der Waals surface area contributed by atoms with Crippen molar-refractivity contribution in [2.75, 3.05) is 13.2 Å². The van der Waals surface area contributed by atoms with Crippen molar-refractivity contribution in [1.82, 2.24) is 25.4 Å². The number of pyridine rings is 1. The Balaban J connectivity index is 1.66. The second kappa shape index (κ2) is 7.70. The Hall–Kier alpha value is -2.34. The first-order valence-electron chi connectivity index (χ1n) is 8.38. The maximum atomic E-state index is 6.31. The second-order valence-electron chi connectivity index (χ2n) is 6.16. The van der Waals surface area contributed by atoms with Gasteiger partial charge in [0, 0.05) is 30.2 Å². The normalized spacial score (nSPS) is 16.0.